The largest absolute Gasteiger partial charge is 0.493 e. The molecule has 0 heterocycles. The van der Waals surface area contributed by atoms with Crippen molar-refractivity contribution in [2.24, 2.45) is 5.92 Å². The first-order valence-electron chi connectivity index (χ1n) is 11.5. The highest BCUT2D eigenvalue weighted by Crippen LogP contribution is 2.30. The van der Waals surface area contributed by atoms with Crippen LogP contribution in [0.4, 0.5) is 5.69 Å². The van der Waals surface area contributed by atoms with E-state index in [0.29, 0.717) is 28.7 Å². The third kappa shape index (κ3) is 7.18. The second-order valence-corrected chi connectivity index (χ2v) is 8.50. The van der Waals surface area contributed by atoms with Crippen LogP contribution in [0.25, 0.3) is 6.08 Å². The Kier molecular flexibility index (Phi) is 9.02. The molecule has 0 aliphatic rings. The minimum atomic E-state index is -0.508. The summed E-state index contributed by atoms with van der Waals surface area (Å²) in [5, 5.41) is 2.81. The van der Waals surface area contributed by atoms with Gasteiger partial charge in [0, 0.05) is 17.3 Å². The topological polar surface area (TPSA) is 64.6 Å². The Labute approximate surface area is 207 Å². The van der Waals surface area contributed by atoms with Gasteiger partial charge >= 0.3 is 0 Å². The minimum Gasteiger partial charge on any atom is -0.493 e. The Balaban J connectivity index is 1.90. The van der Waals surface area contributed by atoms with Crippen molar-refractivity contribution in [1.82, 2.24) is 0 Å². The number of ketones is 1. The lowest BCUT2D eigenvalue weighted by Crippen LogP contribution is -2.21. The maximum absolute atomic E-state index is 13.4. The smallest absolute Gasteiger partial charge is 0.259 e. The van der Waals surface area contributed by atoms with Crippen molar-refractivity contribution in [1.29, 1.82) is 0 Å². The van der Waals surface area contributed by atoms with E-state index in [1.54, 1.807) is 49.6 Å². The Bertz CT molecular complexity index is 1210. The van der Waals surface area contributed by atoms with Gasteiger partial charge in [-0.3, -0.25) is 9.59 Å². The monoisotopic (exact) mass is 469 g/mol. The number of carbonyl (C=O) groups is 2. The highest BCUT2D eigenvalue weighted by molar-refractivity contribution is 6.28. The highest BCUT2D eigenvalue weighted by Gasteiger charge is 2.20. The van der Waals surface area contributed by atoms with Crippen LogP contribution in [0.2, 0.25) is 0 Å². The molecule has 5 heteroatoms. The van der Waals surface area contributed by atoms with E-state index in [2.05, 4.69) is 19.2 Å². The van der Waals surface area contributed by atoms with E-state index in [4.69, 9.17) is 9.47 Å². The maximum Gasteiger partial charge on any atom is 0.259 e. The first-order valence-corrected chi connectivity index (χ1v) is 11.5. The van der Waals surface area contributed by atoms with Gasteiger partial charge in [-0.05, 0) is 41.7 Å². The third-order valence-corrected chi connectivity index (χ3v) is 5.34. The van der Waals surface area contributed by atoms with Gasteiger partial charge in [0.05, 0.1) is 19.8 Å². The molecular formula is C30H31NO4. The van der Waals surface area contributed by atoms with Gasteiger partial charge in [0.1, 0.15) is 0 Å². The summed E-state index contributed by atoms with van der Waals surface area (Å²) in [6.45, 7) is 4.30. The number of rotatable bonds is 10. The van der Waals surface area contributed by atoms with Crippen molar-refractivity contribution >= 4 is 23.5 Å². The molecular weight excluding hydrogens is 438 g/mol. The molecule has 3 aromatic carbocycles. The molecule has 0 aromatic heterocycles. The lowest BCUT2D eigenvalue weighted by molar-refractivity contribution is -0.112. The van der Waals surface area contributed by atoms with E-state index in [0.717, 1.165) is 17.5 Å². The van der Waals surface area contributed by atoms with Gasteiger partial charge in [-0.1, -0.05) is 80.6 Å². The predicted octanol–water partition coefficient (Wildman–Crippen LogP) is 6.36. The summed E-state index contributed by atoms with van der Waals surface area (Å²) in [6.07, 6.45) is 6.04. The molecule has 0 spiro atoms. The van der Waals surface area contributed by atoms with E-state index >= 15 is 0 Å². The van der Waals surface area contributed by atoms with Crippen LogP contribution in [0.3, 0.4) is 0 Å². The van der Waals surface area contributed by atoms with Crippen molar-refractivity contribution in [3.05, 3.63) is 107 Å². The van der Waals surface area contributed by atoms with Crippen molar-refractivity contribution in [3.8, 4) is 11.5 Å². The second kappa shape index (κ2) is 12.4. The van der Waals surface area contributed by atoms with Gasteiger partial charge in [-0.25, -0.2) is 0 Å². The standard InChI is InChI=1S/C30H31NO4/c1-21(2)19-23-13-15-24(16-14-23)29(32)26(12-8-11-22-9-6-5-7-10-22)30(33)31-25-17-18-27(34-3)28(20-25)35-4/h5-18,20-21H,19H2,1-4H3,(H,31,33)/b11-8+,26-12-. The molecule has 0 fully saturated rings. The van der Waals surface area contributed by atoms with Crippen molar-refractivity contribution < 1.29 is 19.1 Å². The summed E-state index contributed by atoms with van der Waals surface area (Å²) in [4.78, 5) is 26.6. The second-order valence-electron chi connectivity index (χ2n) is 8.50. The van der Waals surface area contributed by atoms with Crippen molar-refractivity contribution in [2.75, 3.05) is 19.5 Å². The molecule has 0 saturated heterocycles. The highest BCUT2D eigenvalue weighted by atomic mass is 16.5. The molecule has 0 aliphatic carbocycles. The van der Waals surface area contributed by atoms with E-state index in [1.165, 1.54) is 7.11 Å². The number of hydrogen-bond donors (Lipinski definition) is 1. The molecule has 1 amide bonds. The predicted molar refractivity (Wildman–Crippen MR) is 141 cm³/mol. The summed E-state index contributed by atoms with van der Waals surface area (Å²) in [6, 6.07) is 22.2. The van der Waals surface area contributed by atoms with Gasteiger partial charge in [0.15, 0.2) is 17.3 Å². The van der Waals surface area contributed by atoms with E-state index in [1.807, 2.05) is 48.5 Å². The Morgan fingerprint density at radius 3 is 2.20 bits per heavy atom. The summed E-state index contributed by atoms with van der Waals surface area (Å²) < 4.78 is 10.6. The van der Waals surface area contributed by atoms with Gasteiger partial charge in [-0.2, -0.15) is 0 Å². The van der Waals surface area contributed by atoms with Gasteiger partial charge < -0.3 is 14.8 Å². The maximum atomic E-state index is 13.4. The zero-order valence-electron chi connectivity index (χ0n) is 20.6. The average Bonchev–Trinajstić information content (AvgIpc) is 2.86. The summed E-state index contributed by atoms with van der Waals surface area (Å²) in [5.41, 5.74) is 3.10. The van der Waals surface area contributed by atoms with Gasteiger partial charge in [-0.15, -0.1) is 0 Å². The average molecular weight is 470 g/mol. The molecule has 180 valence electrons. The molecule has 35 heavy (non-hydrogen) atoms. The van der Waals surface area contributed by atoms with Crippen LogP contribution in [0, 0.1) is 5.92 Å². The minimum absolute atomic E-state index is 0.0311. The number of benzene rings is 3. The van der Waals surface area contributed by atoms with Crippen LogP contribution in [-0.2, 0) is 11.2 Å². The number of amides is 1. The number of ether oxygens (including phenoxy) is 2. The van der Waals surface area contributed by atoms with Crippen LogP contribution in [-0.4, -0.2) is 25.9 Å². The Morgan fingerprint density at radius 2 is 1.57 bits per heavy atom. The van der Waals surface area contributed by atoms with Crippen LogP contribution in [0.5, 0.6) is 11.5 Å². The summed E-state index contributed by atoms with van der Waals surface area (Å²) in [7, 11) is 3.07. The van der Waals surface area contributed by atoms with Crippen LogP contribution in [0.1, 0.15) is 35.3 Å². The quantitative estimate of drug-likeness (QED) is 0.123. The number of allylic oxidation sites excluding steroid dienone is 2. The fourth-order valence-electron chi connectivity index (χ4n) is 3.61. The van der Waals surface area contributed by atoms with Crippen LogP contribution >= 0.6 is 0 Å². The first-order chi connectivity index (χ1) is 16.9. The van der Waals surface area contributed by atoms with Crippen LogP contribution in [0.15, 0.2) is 90.5 Å². The molecule has 0 bridgehead atoms. The fraction of sp³-hybridized carbons (Fsp3) is 0.200. The summed E-state index contributed by atoms with van der Waals surface area (Å²) in [5.74, 6) is 0.682. The number of anilines is 1. The molecule has 0 unspecified atom stereocenters. The van der Waals surface area contributed by atoms with Gasteiger partial charge in [0.25, 0.3) is 5.91 Å². The van der Waals surface area contributed by atoms with Gasteiger partial charge in [0.2, 0.25) is 0 Å². The summed E-state index contributed by atoms with van der Waals surface area (Å²) >= 11 is 0. The van der Waals surface area contributed by atoms with E-state index in [9.17, 15) is 9.59 Å². The van der Waals surface area contributed by atoms with Crippen molar-refractivity contribution in [2.45, 2.75) is 20.3 Å². The zero-order valence-corrected chi connectivity index (χ0v) is 20.6. The SMILES string of the molecule is COc1ccc(NC(=O)/C(=C\C=C\c2ccccc2)C(=O)c2ccc(CC(C)C)cc2)cc1OC. The van der Waals surface area contributed by atoms with E-state index < -0.39 is 5.91 Å². The molecule has 0 atom stereocenters. The van der Waals surface area contributed by atoms with Crippen LogP contribution < -0.4 is 14.8 Å². The molecule has 5 nitrogen and oxygen atoms in total. The normalized spacial score (nSPS) is 11.5. The lowest BCUT2D eigenvalue weighted by atomic mass is 9.97. The fourth-order valence-corrected chi connectivity index (χ4v) is 3.61. The molecule has 3 rings (SSSR count). The molecule has 0 saturated carbocycles. The zero-order chi connectivity index (χ0) is 25.2. The first kappa shape index (κ1) is 25.5. The number of Topliss-reactive ketones (excluding diaryl/α,β-unsaturated/α-hetero) is 1. The molecule has 3 aromatic rings. The number of methoxy groups -OCH3 is 2. The molecule has 0 radical (unpaired) electrons. The lowest BCUT2D eigenvalue weighted by Gasteiger charge is -2.12. The number of carbonyl (C=O) groups excluding carboxylic acids is 2. The Morgan fingerprint density at radius 1 is 0.886 bits per heavy atom. The van der Waals surface area contributed by atoms with E-state index in [-0.39, 0.29) is 11.4 Å². The van der Waals surface area contributed by atoms with Crippen molar-refractivity contribution in [3.63, 3.8) is 0 Å². The number of hydrogen-bond acceptors (Lipinski definition) is 4. The molecule has 1 N–H and O–H groups in total. The number of nitrogens with one attached hydrogen (secondary N) is 1. The molecule has 0 aliphatic heterocycles. The Hall–Kier alpha value is -4.12. The third-order valence-electron chi connectivity index (χ3n) is 5.34.